The van der Waals surface area contributed by atoms with Gasteiger partial charge in [0.25, 0.3) is 0 Å². The van der Waals surface area contributed by atoms with Crippen LogP contribution in [0, 0.1) is 19.9 Å². The summed E-state index contributed by atoms with van der Waals surface area (Å²) in [6, 6.07) is 6.39. The SMILES string of the molecule is COC(=O)Oc1cc[c]c(C)c1C. The Bertz CT molecular complexity index is 318. The van der Waals surface area contributed by atoms with Gasteiger partial charge in [0, 0.05) is 0 Å². The minimum Gasteiger partial charge on any atom is -0.437 e. The van der Waals surface area contributed by atoms with E-state index in [1.807, 2.05) is 13.8 Å². The molecule has 3 heteroatoms. The van der Waals surface area contributed by atoms with Gasteiger partial charge in [-0.3, -0.25) is 0 Å². The van der Waals surface area contributed by atoms with Crippen molar-refractivity contribution >= 4 is 6.16 Å². The van der Waals surface area contributed by atoms with Crippen LogP contribution in [0.15, 0.2) is 12.1 Å². The number of ether oxygens (including phenoxy) is 2. The summed E-state index contributed by atoms with van der Waals surface area (Å²) in [6.07, 6.45) is -0.700. The van der Waals surface area contributed by atoms with E-state index < -0.39 is 6.16 Å². The topological polar surface area (TPSA) is 35.5 Å². The molecule has 0 saturated heterocycles. The van der Waals surface area contributed by atoms with Crippen molar-refractivity contribution in [2.75, 3.05) is 7.11 Å². The molecule has 0 atom stereocenters. The predicted molar refractivity (Wildman–Crippen MR) is 47.8 cm³/mol. The fourth-order valence-corrected chi connectivity index (χ4v) is 0.902. The summed E-state index contributed by atoms with van der Waals surface area (Å²) >= 11 is 0. The van der Waals surface area contributed by atoms with Crippen molar-refractivity contribution < 1.29 is 14.3 Å². The molecule has 0 unspecified atom stereocenters. The van der Waals surface area contributed by atoms with Gasteiger partial charge in [0.1, 0.15) is 5.75 Å². The number of benzene rings is 1. The molecular formula is C10H11O3. The fourth-order valence-electron chi connectivity index (χ4n) is 0.902. The highest BCUT2D eigenvalue weighted by Gasteiger charge is 2.07. The summed E-state index contributed by atoms with van der Waals surface area (Å²) in [5, 5.41) is 0. The van der Waals surface area contributed by atoms with Gasteiger partial charge in [-0.25, -0.2) is 4.79 Å². The molecule has 0 N–H and O–H groups in total. The van der Waals surface area contributed by atoms with E-state index >= 15 is 0 Å². The van der Waals surface area contributed by atoms with E-state index in [2.05, 4.69) is 10.8 Å². The summed E-state index contributed by atoms with van der Waals surface area (Å²) in [7, 11) is 1.28. The zero-order valence-electron chi connectivity index (χ0n) is 7.88. The standard InChI is InChI=1S/C10H11O3/c1-7-5-4-6-9(8(7)2)13-10(11)12-3/h4,6H,1-3H3. The normalized spacial score (nSPS) is 9.46. The van der Waals surface area contributed by atoms with Gasteiger partial charge in [-0.15, -0.1) is 0 Å². The van der Waals surface area contributed by atoms with E-state index in [1.54, 1.807) is 12.1 Å². The molecule has 0 heterocycles. The lowest BCUT2D eigenvalue weighted by Gasteiger charge is -2.06. The quantitative estimate of drug-likeness (QED) is 0.490. The van der Waals surface area contributed by atoms with Crippen LogP contribution in [0.25, 0.3) is 0 Å². The fraction of sp³-hybridized carbons (Fsp3) is 0.300. The summed E-state index contributed by atoms with van der Waals surface area (Å²) in [6.45, 7) is 3.77. The number of carbonyl (C=O) groups is 1. The molecule has 0 bridgehead atoms. The zero-order valence-corrected chi connectivity index (χ0v) is 7.88. The number of hydrogen-bond donors (Lipinski definition) is 0. The highest BCUT2D eigenvalue weighted by atomic mass is 16.7. The molecule has 0 spiro atoms. The zero-order chi connectivity index (χ0) is 9.84. The molecule has 1 radical (unpaired) electrons. The minimum absolute atomic E-state index is 0.517. The van der Waals surface area contributed by atoms with Crippen LogP contribution in [0.1, 0.15) is 11.1 Å². The summed E-state index contributed by atoms with van der Waals surface area (Å²) in [5.41, 5.74) is 1.86. The molecule has 0 fully saturated rings. The number of carbonyl (C=O) groups excluding carboxylic acids is 1. The lowest BCUT2D eigenvalue weighted by atomic mass is 10.1. The van der Waals surface area contributed by atoms with Gasteiger partial charge in [-0.2, -0.15) is 0 Å². The Morgan fingerprint density at radius 3 is 2.77 bits per heavy atom. The summed E-state index contributed by atoms with van der Waals surface area (Å²) < 4.78 is 9.27. The third-order valence-electron chi connectivity index (χ3n) is 1.83. The van der Waals surface area contributed by atoms with E-state index in [9.17, 15) is 4.79 Å². The summed E-state index contributed by atoms with van der Waals surface area (Å²) in [4.78, 5) is 10.8. The maximum atomic E-state index is 10.8. The van der Waals surface area contributed by atoms with Gasteiger partial charge in [0.05, 0.1) is 7.11 Å². The van der Waals surface area contributed by atoms with Crippen LogP contribution in [-0.4, -0.2) is 13.3 Å². The number of aryl methyl sites for hydroxylation is 1. The second-order valence-electron chi connectivity index (χ2n) is 2.65. The van der Waals surface area contributed by atoms with E-state index in [0.29, 0.717) is 5.75 Å². The highest BCUT2D eigenvalue weighted by Crippen LogP contribution is 2.20. The Morgan fingerprint density at radius 1 is 1.46 bits per heavy atom. The second kappa shape index (κ2) is 3.94. The molecule has 3 nitrogen and oxygen atoms in total. The molecule has 69 valence electrons. The minimum atomic E-state index is -0.700. The largest absolute Gasteiger partial charge is 0.513 e. The Labute approximate surface area is 77.3 Å². The average molecular weight is 179 g/mol. The maximum absolute atomic E-state index is 10.8. The van der Waals surface area contributed by atoms with Gasteiger partial charge in [-0.05, 0) is 37.1 Å². The molecule has 0 aliphatic heterocycles. The van der Waals surface area contributed by atoms with Crippen LogP contribution < -0.4 is 4.74 Å². The van der Waals surface area contributed by atoms with Crippen LogP contribution in [0.4, 0.5) is 4.79 Å². The Balaban J connectivity index is 2.89. The number of hydrogen-bond acceptors (Lipinski definition) is 3. The van der Waals surface area contributed by atoms with Gasteiger partial charge in [-0.1, -0.05) is 6.07 Å². The van der Waals surface area contributed by atoms with Crippen molar-refractivity contribution in [3.8, 4) is 5.75 Å². The first-order chi connectivity index (χ1) is 6.15. The Morgan fingerprint density at radius 2 is 2.15 bits per heavy atom. The monoisotopic (exact) mass is 179 g/mol. The first-order valence-electron chi connectivity index (χ1n) is 3.89. The molecule has 0 aromatic heterocycles. The van der Waals surface area contributed by atoms with Crippen molar-refractivity contribution in [2.45, 2.75) is 13.8 Å². The molecule has 1 rings (SSSR count). The van der Waals surface area contributed by atoms with Crippen LogP contribution >= 0.6 is 0 Å². The van der Waals surface area contributed by atoms with Crippen molar-refractivity contribution in [3.05, 3.63) is 29.3 Å². The van der Waals surface area contributed by atoms with Gasteiger partial charge in [0.15, 0.2) is 0 Å². The molecule has 13 heavy (non-hydrogen) atoms. The van der Waals surface area contributed by atoms with Crippen LogP contribution in [0.3, 0.4) is 0 Å². The molecule has 1 aromatic rings. The third kappa shape index (κ3) is 2.21. The molecule has 0 saturated carbocycles. The smallest absolute Gasteiger partial charge is 0.437 e. The Kier molecular flexibility index (Phi) is 2.90. The van der Waals surface area contributed by atoms with Crippen molar-refractivity contribution in [1.82, 2.24) is 0 Å². The van der Waals surface area contributed by atoms with E-state index in [1.165, 1.54) is 7.11 Å². The van der Waals surface area contributed by atoms with Crippen LogP contribution in [-0.2, 0) is 4.74 Å². The Hall–Kier alpha value is -1.51. The first kappa shape index (κ1) is 9.58. The molecule has 0 aliphatic rings. The number of methoxy groups -OCH3 is 1. The second-order valence-corrected chi connectivity index (χ2v) is 2.65. The van der Waals surface area contributed by atoms with Gasteiger partial charge >= 0.3 is 6.16 Å². The van der Waals surface area contributed by atoms with E-state index in [4.69, 9.17) is 4.74 Å². The van der Waals surface area contributed by atoms with Crippen LogP contribution in [0.2, 0.25) is 0 Å². The van der Waals surface area contributed by atoms with Gasteiger partial charge < -0.3 is 9.47 Å². The third-order valence-corrected chi connectivity index (χ3v) is 1.83. The number of rotatable bonds is 1. The van der Waals surface area contributed by atoms with E-state index in [0.717, 1.165) is 11.1 Å². The average Bonchev–Trinajstić information content (AvgIpc) is 2.13. The first-order valence-corrected chi connectivity index (χ1v) is 3.89. The summed E-state index contributed by atoms with van der Waals surface area (Å²) in [5.74, 6) is 0.517. The molecular weight excluding hydrogens is 168 g/mol. The molecule has 0 aliphatic carbocycles. The van der Waals surface area contributed by atoms with Crippen molar-refractivity contribution in [2.24, 2.45) is 0 Å². The maximum Gasteiger partial charge on any atom is 0.513 e. The lowest BCUT2D eigenvalue weighted by Crippen LogP contribution is -2.08. The molecule has 1 aromatic carbocycles. The predicted octanol–water partition coefficient (Wildman–Crippen LogP) is 2.25. The lowest BCUT2D eigenvalue weighted by molar-refractivity contribution is 0.121. The van der Waals surface area contributed by atoms with Gasteiger partial charge in [0.2, 0.25) is 0 Å². The highest BCUT2D eigenvalue weighted by molar-refractivity contribution is 5.64. The van der Waals surface area contributed by atoms with Crippen molar-refractivity contribution in [3.63, 3.8) is 0 Å². The van der Waals surface area contributed by atoms with Crippen LogP contribution in [0.5, 0.6) is 5.75 Å². The molecule has 0 amide bonds. The van der Waals surface area contributed by atoms with E-state index in [-0.39, 0.29) is 0 Å². The van der Waals surface area contributed by atoms with Crippen molar-refractivity contribution in [1.29, 1.82) is 0 Å².